The van der Waals surface area contributed by atoms with Crippen molar-refractivity contribution in [1.82, 2.24) is 15.1 Å². The lowest BCUT2D eigenvalue weighted by Gasteiger charge is -2.07. The normalized spacial score (nSPS) is 20.2. The number of rotatable bonds is 2. The third kappa shape index (κ3) is 1.78. The fourth-order valence-corrected chi connectivity index (χ4v) is 2.70. The Balaban J connectivity index is 2.01. The van der Waals surface area contributed by atoms with Gasteiger partial charge in [0.1, 0.15) is 11.3 Å². The lowest BCUT2D eigenvalue weighted by Crippen LogP contribution is -2.23. The molecule has 2 heterocycles. The highest BCUT2D eigenvalue weighted by Gasteiger charge is 2.19. The van der Waals surface area contributed by atoms with E-state index in [0.717, 1.165) is 29.6 Å². The SMILES string of the molecule is Cn1nc(CC2CCCN2)c2cccc(O)c21. The quantitative estimate of drug-likeness (QED) is 0.825. The zero-order valence-corrected chi connectivity index (χ0v) is 9.98. The van der Waals surface area contributed by atoms with E-state index in [4.69, 9.17) is 0 Å². The Bertz CT molecular complexity index is 541. The predicted octanol–water partition coefficient (Wildman–Crippen LogP) is 1.57. The summed E-state index contributed by atoms with van der Waals surface area (Å²) in [7, 11) is 1.88. The number of aryl methyl sites for hydroxylation is 1. The van der Waals surface area contributed by atoms with Gasteiger partial charge in [-0.05, 0) is 25.5 Å². The summed E-state index contributed by atoms with van der Waals surface area (Å²) in [6.07, 6.45) is 3.42. The number of aromatic nitrogens is 2. The van der Waals surface area contributed by atoms with E-state index in [9.17, 15) is 5.11 Å². The highest BCUT2D eigenvalue weighted by molar-refractivity contribution is 5.87. The Kier molecular flexibility index (Phi) is 2.52. The zero-order chi connectivity index (χ0) is 11.8. The molecule has 3 rings (SSSR count). The van der Waals surface area contributed by atoms with Crippen molar-refractivity contribution in [2.24, 2.45) is 7.05 Å². The fraction of sp³-hybridized carbons (Fsp3) is 0.462. The Labute approximate surface area is 100 Å². The molecule has 1 saturated heterocycles. The summed E-state index contributed by atoms with van der Waals surface area (Å²) < 4.78 is 1.77. The molecule has 1 atom stereocenters. The van der Waals surface area contributed by atoms with Gasteiger partial charge >= 0.3 is 0 Å². The van der Waals surface area contributed by atoms with Crippen LogP contribution in [0.25, 0.3) is 10.9 Å². The molecule has 4 heteroatoms. The van der Waals surface area contributed by atoms with Gasteiger partial charge in [-0.2, -0.15) is 5.10 Å². The number of aromatic hydroxyl groups is 1. The van der Waals surface area contributed by atoms with Gasteiger partial charge in [-0.15, -0.1) is 0 Å². The molecule has 4 nitrogen and oxygen atoms in total. The van der Waals surface area contributed by atoms with E-state index in [2.05, 4.69) is 10.4 Å². The van der Waals surface area contributed by atoms with Crippen LogP contribution in [0.15, 0.2) is 18.2 Å². The molecule has 0 radical (unpaired) electrons. The second-order valence-corrected chi connectivity index (χ2v) is 4.74. The van der Waals surface area contributed by atoms with Crippen molar-refractivity contribution >= 4 is 10.9 Å². The Morgan fingerprint density at radius 1 is 1.53 bits per heavy atom. The van der Waals surface area contributed by atoms with Crippen molar-refractivity contribution in [3.8, 4) is 5.75 Å². The van der Waals surface area contributed by atoms with Gasteiger partial charge in [0.05, 0.1) is 5.69 Å². The highest BCUT2D eigenvalue weighted by Crippen LogP contribution is 2.27. The van der Waals surface area contributed by atoms with Crippen molar-refractivity contribution in [3.63, 3.8) is 0 Å². The van der Waals surface area contributed by atoms with Crippen molar-refractivity contribution in [2.45, 2.75) is 25.3 Å². The summed E-state index contributed by atoms with van der Waals surface area (Å²) in [5.41, 5.74) is 1.92. The Morgan fingerprint density at radius 2 is 2.41 bits per heavy atom. The minimum atomic E-state index is 0.308. The second kappa shape index (κ2) is 4.04. The highest BCUT2D eigenvalue weighted by atomic mass is 16.3. The van der Waals surface area contributed by atoms with Crippen molar-refractivity contribution < 1.29 is 5.11 Å². The molecule has 1 aliphatic rings. The van der Waals surface area contributed by atoms with Gasteiger partial charge in [-0.25, -0.2) is 0 Å². The number of phenols is 1. The first-order valence-corrected chi connectivity index (χ1v) is 6.12. The molecule has 0 saturated carbocycles. The van der Waals surface area contributed by atoms with Crippen LogP contribution in [0.5, 0.6) is 5.75 Å². The number of nitrogens with zero attached hydrogens (tertiary/aromatic N) is 2. The van der Waals surface area contributed by atoms with Gasteiger partial charge < -0.3 is 10.4 Å². The molecule has 1 unspecified atom stereocenters. The molecular weight excluding hydrogens is 214 g/mol. The Morgan fingerprint density at radius 3 is 3.18 bits per heavy atom. The van der Waals surface area contributed by atoms with E-state index >= 15 is 0 Å². The molecule has 0 aliphatic carbocycles. The lowest BCUT2D eigenvalue weighted by atomic mass is 10.1. The number of para-hydroxylation sites is 1. The van der Waals surface area contributed by atoms with E-state index in [0.29, 0.717) is 11.8 Å². The third-order valence-electron chi connectivity index (χ3n) is 3.52. The summed E-state index contributed by atoms with van der Waals surface area (Å²) in [6.45, 7) is 1.11. The van der Waals surface area contributed by atoms with Crippen LogP contribution < -0.4 is 5.32 Å². The number of fused-ring (bicyclic) bond motifs is 1. The van der Waals surface area contributed by atoms with Crippen molar-refractivity contribution in [3.05, 3.63) is 23.9 Å². The molecule has 2 aromatic rings. The summed E-state index contributed by atoms with van der Waals surface area (Å²) in [4.78, 5) is 0. The topological polar surface area (TPSA) is 50.1 Å². The summed E-state index contributed by atoms with van der Waals surface area (Å²) in [5.74, 6) is 0.308. The van der Waals surface area contributed by atoms with Crippen LogP contribution in [-0.4, -0.2) is 27.5 Å². The monoisotopic (exact) mass is 231 g/mol. The number of nitrogens with one attached hydrogen (secondary N) is 1. The van der Waals surface area contributed by atoms with Gasteiger partial charge in [0.15, 0.2) is 0 Å². The Hall–Kier alpha value is -1.55. The third-order valence-corrected chi connectivity index (χ3v) is 3.52. The predicted molar refractivity (Wildman–Crippen MR) is 67.1 cm³/mol. The molecule has 0 spiro atoms. The van der Waals surface area contributed by atoms with Crippen LogP contribution in [0.3, 0.4) is 0 Å². The van der Waals surface area contributed by atoms with E-state index in [-0.39, 0.29) is 0 Å². The van der Waals surface area contributed by atoms with E-state index < -0.39 is 0 Å². The summed E-state index contributed by atoms with van der Waals surface area (Å²) in [5, 5.41) is 18.9. The van der Waals surface area contributed by atoms with Gasteiger partial charge in [-0.1, -0.05) is 12.1 Å². The molecule has 0 bridgehead atoms. The van der Waals surface area contributed by atoms with Gasteiger partial charge in [0.25, 0.3) is 0 Å². The van der Waals surface area contributed by atoms with Crippen molar-refractivity contribution in [2.75, 3.05) is 6.54 Å². The van der Waals surface area contributed by atoms with Crippen LogP contribution in [0, 0.1) is 0 Å². The number of hydrogen-bond donors (Lipinski definition) is 2. The summed E-state index contributed by atoms with van der Waals surface area (Å²) in [6, 6.07) is 6.16. The molecule has 2 N–H and O–H groups in total. The standard InChI is InChI=1S/C13H17N3O/c1-16-13-10(5-2-6-12(13)17)11(15-16)8-9-4-3-7-14-9/h2,5-6,9,14,17H,3-4,7-8H2,1H3. The van der Waals surface area contributed by atoms with E-state index in [1.54, 1.807) is 10.7 Å². The molecule has 0 amide bonds. The number of hydrogen-bond acceptors (Lipinski definition) is 3. The lowest BCUT2D eigenvalue weighted by molar-refractivity contribution is 0.477. The van der Waals surface area contributed by atoms with Crippen LogP contribution in [0.1, 0.15) is 18.5 Å². The number of benzene rings is 1. The van der Waals surface area contributed by atoms with Crippen LogP contribution in [0.2, 0.25) is 0 Å². The first kappa shape index (κ1) is 10.6. The first-order valence-electron chi connectivity index (χ1n) is 6.12. The van der Waals surface area contributed by atoms with E-state index in [1.807, 2.05) is 19.2 Å². The van der Waals surface area contributed by atoms with Crippen molar-refractivity contribution in [1.29, 1.82) is 0 Å². The fourth-order valence-electron chi connectivity index (χ4n) is 2.70. The number of phenolic OH excluding ortho intramolecular Hbond substituents is 1. The van der Waals surface area contributed by atoms with Gasteiger partial charge in [-0.3, -0.25) is 4.68 Å². The van der Waals surface area contributed by atoms with Crippen LogP contribution in [0.4, 0.5) is 0 Å². The molecule has 1 aromatic carbocycles. The molecule has 17 heavy (non-hydrogen) atoms. The average molecular weight is 231 g/mol. The van der Waals surface area contributed by atoms with Crippen LogP contribution in [-0.2, 0) is 13.5 Å². The first-order chi connectivity index (χ1) is 8.25. The summed E-state index contributed by atoms with van der Waals surface area (Å²) >= 11 is 0. The van der Waals surface area contributed by atoms with Gasteiger partial charge in [0.2, 0.25) is 0 Å². The zero-order valence-electron chi connectivity index (χ0n) is 9.98. The van der Waals surface area contributed by atoms with Gasteiger partial charge in [0, 0.05) is 24.9 Å². The second-order valence-electron chi connectivity index (χ2n) is 4.74. The minimum Gasteiger partial charge on any atom is -0.506 e. The maximum atomic E-state index is 9.85. The molecule has 1 fully saturated rings. The maximum absolute atomic E-state index is 9.85. The molecule has 1 aromatic heterocycles. The maximum Gasteiger partial charge on any atom is 0.141 e. The minimum absolute atomic E-state index is 0.308. The molecule has 90 valence electrons. The molecule has 1 aliphatic heterocycles. The smallest absolute Gasteiger partial charge is 0.141 e. The average Bonchev–Trinajstić information content (AvgIpc) is 2.90. The van der Waals surface area contributed by atoms with E-state index in [1.165, 1.54) is 12.8 Å². The largest absolute Gasteiger partial charge is 0.506 e. The molecular formula is C13H17N3O. The van der Waals surface area contributed by atoms with Crippen LogP contribution >= 0.6 is 0 Å².